The van der Waals surface area contributed by atoms with Gasteiger partial charge in [0.1, 0.15) is 10.3 Å². The molecule has 0 saturated heterocycles. The van der Waals surface area contributed by atoms with Crippen LogP contribution in [0.4, 0.5) is 16.4 Å². The summed E-state index contributed by atoms with van der Waals surface area (Å²) >= 11 is 2.19. The number of nitrogens with one attached hydrogen (secondary N) is 3. The minimum atomic E-state index is -1.22. The van der Waals surface area contributed by atoms with Gasteiger partial charge in [0.05, 0.1) is 28.2 Å². The van der Waals surface area contributed by atoms with E-state index in [1.807, 2.05) is 12.1 Å². The maximum Gasteiger partial charge on any atom is 0.341 e. The van der Waals surface area contributed by atoms with E-state index in [0.29, 0.717) is 27.4 Å². The van der Waals surface area contributed by atoms with Crippen molar-refractivity contribution in [2.75, 3.05) is 22.6 Å². The molecular formula is C37H31N3O7S2. The van der Waals surface area contributed by atoms with Gasteiger partial charge in [0.15, 0.2) is 0 Å². The Morgan fingerprint density at radius 2 is 1.37 bits per heavy atom. The van der Waals surface area contributed by atoms with Crippen molar-refractivity contribution in [3.05, 3.63) is 142 Å². The number of amides is 3. The lowest BCUT2D eigenvalue weighted by Crippen LogP contribution is -2.20. The van der Waals surface area contributed by atoms with Crippen LogP contribution in [0.3, 0.4) is 0 Å². The predicted octanol–water partition coefficient (Wildman–Crippen LogP) is 7.91. The summed E-state index contributed by atoms with van der Waals surface area (Å²) in [6, 6.07) is 30.7. The van der Waals surface area contributed by atoms with Crippen LogP contribution in [0.2, 0.25) is 0 Å². The average molecular weight is 694 g/mol. The molecule has 1 unspecified atom stereocenters. The topological polar surface area (TPSA) is 151 Å². The maximum atomic E-state index is 14.1. The van der Waals surface area contributed by atoms with E-state index in [-0.39, 0.29) is 33.2 Å². The first-order chi connectivity index (χ1) is 23.7. The number of hydrogen-bond donors (Lipinski definition) is 4. The molecule has 0 aliphatic rings. The molecule has 0 spiro atoms. The maximum absolute atomic E-state index is 14.1. The normalized spacial score (nSPS) is 11.2. The number of carbonyl (C=O) groups excluding carboxylic acids is 4. The van der Waals surface area contributed by atoms with E-state index in [4.69, 9.17) is 4.74 Å². The molecular weight excluding hydrogens is 663 g/mol. The van der Waals surface area contributed by atoms with Crippen LogP contribution in [-0.2, 0) is 9.53 Å². The monoisotopic (exact) mass is 693 g/mol. The van der Waals surface area contributed by atoms with Gasteiger partial charge in [-0.05, 0) is 67.4 Å². The van der Waals surface area contributed by atoms with Crippen molar-refractivity contribution in [1.29, 1.82) is 0 Å². The van der Waals surface area contributed by atoms with Crippen LogP contribution in [0, 0.1) is 6.92 Å². The Labute approximate surface area is 290 Å². The van der Waals surface area contributed by atoms with Crippen LogP contribution in [0.1, 0.15) is 64.0 Å². The minimum Gasteiger partial charge on any atom is -0.478 e. The fraction of sp³-hybridized carbons (Fsp3) is 0.108. The first-order valence-electron chi connectivity index (χ1n) is 15.1. The number of esters is 1. The number of carboxylic acid groups (broad SMARTS) is 1. The van der Waals surface area contributed by atoms with Crippen molar-refractivity contribution < 1.29 is 33.8 Å². The van der Waals surface area contributed by atoms with E-state index in [1.165, 1.54) is 23.9 Å². The number of thiophene rings is 1. The summed E-state index contributed by atoms with van der Waals surface area (Å²) in [6.07, 6.45) is 0. The van der Waals surface area contributed by atoms with Crippen molar-refractivity contribution in [1.82, 2.24) is 0 Å². The van der Waals surface area contributed by atoms with E-state index >= 15 is 0 Å². The van der Waals surface area contributed by atoms with Crippen molar-refractivity contribution in [3.63, 3.8) is 0 Å². The fourth-order valence-corrected chi connectivity index (χ4v) is 7.08. The van der Waals surface area contributed by atoms with Crippen LogP contribution >= 0.6 is 23.1 Å². The number of anilines is 3. The molecule has 5 rings (SSSR count). The van der Waals surface area contributed by atoms with Crippen molar-refractivity contribution in [2.45, 2.75) is 24.0 Å². The summed E-state index contributed by atoms with van der Waals surface area (Å²) in [4.78, 5) is 66.0. The lowest BCUT2D eigenvalue weighted by atomic mass is 10.1. The minimum absolute atomic E-state index is 0.00932. The molecule has 3 amide bonds. The number of para-hydroxylation sites is 1. The number of thioether (sulfide) groups is 1. The van der Waals surface area contributed by atoms with Crippen LogP contribution in [0.5, 0.6) is 0 Å². The second kappa shape index (κ2) is 15.9. The summed E-state index contributed by atoms with van der Waals surface area (Å²) in [6.45, 7) is 3.41. The Kier molecular flexibility index (Phi) is 11.2. The number of rotatable bonds is 12. The largest absolute Gasteiger partial charge is 0.478 e. The summed E-state index contributed by atoms with van der Waals surface area (Å²) in [5.74, 6) is -3.37. The van der Waals surface area contributed by atoms with Crippen molar-refractivity contribution in [3.8, 4) is 0 Å². The third-order valence-electron chi connectivity index (χ3n) is 7.19. The van der Waals surface area contributed by atoms with E-state index in [2.05, 4.69) is 16.0 Å². The molecule has 10 nitrogen and oxygen atoms in total. The zero-order chi connectivity index (χ0) is 34.9. The van der Waals surface area contributed by atoms with Crippen LogP contribution < -0.4 is 16.0 Å². The Morgan fingerprint density at radius 3 is 2.04 bits per heavy atom. The molecule has 248 valence electrons. The van der Waals surface area contributed by atoms with Gasteiger partial charge in [0.2, 0.25) is 5.91 Å². The molecule has 0 aliphatic carbocycles. The van der Waals surface area contributed by atoms with Gasteiger partial charge >= 0.3 is 11.9 Å². The summed E-state index contributed by atoms with van der Waals surface area (Å²) in [5, 5.41) is 17.3. The number of hydrogen-bond acceptors (Lipinski definition) is 8. The number of ether oxygens (including phenoxy) is 1. The highest BCUT2D eigenvalue weighted by Crippen LogP contribution is 2.40. The number of benzene rings is 4. The van der Waals surface area contributed by atoms with Gasteiger partial charge in [-0.1, -0.05) is 66.7 Å². The molecule has 5 aromatic rings. The molecule has 0 bridgehead atoms. The summed E-state index contributed by atoms with van der Waals surface area (Å²) < 4.78 is 5.29. The van der Waals surface area contributed by atoms with Crippen LogP contribution in [-0.4, -0.2) is 41.4 Å². The molecule has 12 heteroatoms. The van der Waals surface area contributed by atoms with E-state index in [9.17, 15) is 29.1 Å². The third kappa shape index (κ3) is 8.42. The van der Waals surface area contributed by atoms with Crippen LogP contribution in [0.25, 0.3) is 0 Å². The smallest absolute Gasteiger partial charge is 0.341 e. The van der Waals surface area contributed by atoms with Gasteiger partial charge in [-0.25, -0.2) is 9.59 Å². The van der Waals surface area contributed by atoms with E-state index in [0.717, 1.165) is 11.3 Å². The molecule has 4 N–H and O–H groups in total. The third-order valence-corrected chi connectivity index (χ3v) is 9.64. The first kappa shape index (κ1) is 34.6. The van der Waals surface area contributed by atoms with Gasteiger partial charge in [-0.2, -0.15) is 0 Å². The summed E-state index contributed by atoms with van der Waals surface area (Å²) in [7, 11) is 0. The zero-order valence-corrected chi connectivity index (χ0v) is 28.0. The Balaban J connectivity index is 1.42. The van der Waals surface area contributed by atoms with E-state index in [1.54, 1.807) is 98.8 Å². The molecule has 49 heavy (non-hydrogen) atoms. The van der Waals surface area contributed by atoms with E-state index < -0.39 is 34.9 Å². The number of carbonyl (C=O) groups is 5. The number of aromatic carboxylic acids is 1. The molecule has 4 aromatic carbocycles. The van der Waals surface area contributed by atoms with Crippen molar-refractivity contribution in [2.24, 2.45) is 0 Å². The molecule has 0 saturated carbocycles. The Hall–Kier alpha value is -5.72. The quantitative estimate of drug-likeness (QED) is 0.0761. The molecule has 1 atom stereocenters. The highest BCUT2D eigenvalue weighted by molar-refractivity contribution is 8.00. The van der Waals surface area contributed by atoms with Gasteiger partial charge < -0.3 is 25.8 Å². The standard InChI is InChI=1S/C37H31N3O7S2/c1-3-47-37(46)29-22(2)30(33(42)38-24-15-8-5-9-16-24)49-35(29)40-34(43)31(23-13-6-4-7-14-23)48-26-18-12-17-25(21-26)39-32(41)27-19-10-11-20-28(27)36(44)45/h4-21,31H,3H2,1-2H3,(H,38,42)(H,39,41)(H,40,43)(H,44,45). The Bertz CT molecular complexity index is 2010. The first-order valence-corrected chi connectivity index (χ1v) is 16.8. The van der Waals surface area contributed by atoms with Crippen molar-refractivity contribution >= 4 is 69.1 Å². The molecule has 0 radical (unpaired) electrons. The number of carboxylic acids is 1. The Morgan fingerprint density at radius 1 is 0.755 bits per heavy atom. The fourth-order valence-electron chi connectivity index (χ4n) is 4.90. The average Bonchev–Trinajstić information content (AvgIpc) is 3.43. The molecule has 0 fully saturated rings. The van der Waals surface area contributed by atoms with Gasteiger partial charge in [-0.15, -0.1) is 23.1 Å². The second-order valence-electron chi connectivity index (χ2n) is 10.5. The summed E-state index contributed by atoms with van der Waals surface area (Å²) in [5.41, 5.74) is 2.00. The predicted molar refractivity (Wildman–Crippen MR) is 191 cm³/mol. The van der Waals surface area contributed by atoms with Gasteiger partial charge in [-0.3, -0.25) is 14.4 Å². The highest BCUT2D eigenvalue weighted by Gasteiger charge is 2.30. The van der Waals surface area contributed by atoms with Gasteiger partial charge in [0.25, 0.3) is 11.8 Å². The molecule has 1 aromatic heterocycles. The zero-order valence-electron chi connectivity index (χ0n) is 26.4. The lowest BCUT2D eigenvalue weighted by Gasteiger charge is -2.18. The second-order valence-corrected chi connectivity index (χ2v) is 12.7. The molecule has 0 aliphatic heterocycles. The SMILES string of the molecule is CCOC(=O)c1c(NC(=O)C(Sc2cccc(NC(=O)c3ccccc3C(=O)O)c2)c2ccccc2)sc(C(=O)Nc2ccccc2)c1C. The van der Waals surface area contributed by atoms with Gasteiger partial charge in [0, 0.05) is 16.3 Å². The lowest BCUT2D eigenvalue weighted by molar-refractivity contribution is -0.115. The molecule has 1 heterocycles. The van der Waals surface area contributed by atoms with Crippen LogP contribution in [0.15, 0.2) is 114 Å². The highest BCUT2D eigenvalue weighted by atomic mass is 32.2.